The summed E-state index contributed by atoms with van der Waals surface area (Å²) in [6.45, 7) is 0.210. The topological polar surface area (TPSA) is 67.8 Å². The van der Waals surface area contributed by atoms with Gasteiger partial charge in [0.2, 0.25) is 5.91 Å². The van der Waals surface area contributed by atoms with Crippen molar-refractivity contribution in [2.45, 2.75) is 37.3 Å². The van der Waals surface area contributed by atoms with E-state index in [2.05, 4.69) is 5.32 Å². The number of carbonyl (C=O) groups is 1. The van der Waals surface area contributed by atoms with Crippen LogP contribution in [0.1, 0.15) is 25.7 Å². The first-order valence-corrected chi connectivity index (χ1v) is 5.60. The van der Waals surface area contributed by atoms with E-state index in [9.17, 15) is 4.79 Å². The molecule has 94 valence electrons. The number of ether oxygens (including phenoxy) is 2. The zero-order chi connectivity index (χ0) is 12.0. The van der Waals surface area contributed by atoms with Gasteiger partial charge in [0.15, 0.2) is 0 Å². The number of amides is 1. The highest BCUT2D eigenvalue weighted by molar-refractivity contribution is 5.77. The Morgan fingerprint density at radius 3 is 2.56 bits per heavy atom. The summed E-state index contributed by atoms with van der Waals surface area (Å²) in [7, 11) is 3.18. The maximum atomic E-state index is 11.7. The predicted molar refractivity (Wildman–Crippen MR) is 59.1 cm³/mol. The van der Waals surface area contributed by atoms with Crippen molar-refractivity contribution in [3.63, 3.8) is 0 Å². The van der Waals surface area contributed by atoms with Crippen molar-refractivity contribution < 1.29 is 19.4 Å². The normalized spacial score (nSPS) is 19.9. The Morgan fingerprint density at radius 1 is 1.50 bits per heavy atom. The summed E-state index contributed by atoms with van der Waals surface area (Å²) in [5.74, 6) is -0.0855. The minimum atomic E-state index is -0.327. The number of hydrogen-bond acceptors (Lipinski definition) is 4. The molecule has 16 heavy (non-hydrogen) atoms. The molecule has 5 heteroatoms. The molecule has 1 aliphatic rings. The molecule has 1 aliphatic carbocycles. The number of nitrogens with one attached hydrogen (secondary N) is 1. The van der Waals surface area contributed by atoms with E-state index in [4.69, 9.17) is 14.6 Å². The average Bonchev–Trinajstić information content (AvgIpc) is 2.23. The van der Waals surface area contributed by atoms with E-state index >= 15 is 0 Å². The van der Waals surface area contributed by atoms with Crippen molar-refractivity contribution in [3.05, 3.63) is 0 Å². The molecule has 1 saturated carbocycles. The molecule has 1 rings (SSSR count). The Bertz CT molecular complexity index is 223. The molecule has 5 nitrogen and oxygen atoms in total. The molecule has 0 radical (unpaired) electrons. The standard InChI is InChI=1S/C11H21NO4/c1-15-8-9(7-13)12-10(14)6-11(16-2)4-3-5-11/h9,13H,3-8H2,1-2H3,(H,12,14). The predicted octanol–water partition coefficient (Wildman–Crippen LogP) is 0.0691. The van der Waals surface area contributed by atoms with E-state index in [0.717, 1.165) is 19.3 Å². The van der Waals surface area contributed by atoms with Crippen LogP contribution in [0.15, 0.2) is 0 Å². The molecule has 1 fully saturated rings. The highest BCUT2D eigenvalue weighted by atomic mass is 16.5. The third kappa shape index (κ3) is 3.43. The molecule has 1 atom stereocenters. The second-order valence-electron chi connectivity index (χ2n) is 4.32. The lowest BCUT2D eigenvalue weighted by Gasteiger charge is -2.40. The van der Waals surface area contributed by atoms with Crippen LogP contribution in [0.2, 0.25) is 0 Å². The lowest BCUT2D eigenvalue weighted by molar-refractivity contribution is -0.135. The molecule has 0 bridgehead atoms. The fourth-order valence-electron chi connectivity index (χ4n) is 1.94. The number of aliphatic hydroxyl groups excluding tert-OH is 1. The minimum Gasteiger partial charge on any atom is -0.394 e. The molecule has 2 N–H and O–H groups in total. The summed E-state index contributed by atoms with van der Waals surface area (Å²) in [6, 6.07) is -0.327. The van der Waals surface area contributed by atoms with E-state index in [0.29, 0.717) is 13.0 Å². The molecule has 0 spiro atoms. The van der Waals surface area contributed by atoms with Crippen LogP contribution in [0.5, 0.6) is 0 Å². The first-order chi connectivity index (χ1) is 7.65. The molecule has 0 aliphatic heterocycles. The Kier molecular flexibility index (Phi) is 5.18. The van der Waals surface area contributed by atoms with E-state index in [1.165, 1.54) is 7.11 Å². The van der Waals surface area contributed by atoms with Crippen LogP contribution in [0, 0.1) is 0 Å². The van der Waals surface area contributed by atoms with Crippen molar-refractivity contribution in [3.8, 4) is 0 Å². The molecule has 0 aromatic rings. The second-order valence-corrected chi connectivity index (χ2v) is 4.32. The van der Waals surface area contributed by atoms with Crippen LogP contribution >= 0.6 is 0 Å². The highest BCUT2D eigenvalue weighted by Crippen LogP contribution is 2.37. The summed E-state index contributed by atoms with van der Waals surface area (Å²) in [5.41, 5.74) is -0.267. The van der Waals surface area contributed by atoms with Crippen LogP contribution in [-0.2, 0) is 14.3 Å². The molecule has 0 aromatic heterocycles. The van der Waals surface area contributed by atoms with Gasteiger partial charge in [-0.3, -0.25) is 4.79 Å². The quantitative estimate of drug-likeness (QED) is 0.650. The smallest absolute Gasteiger partial charge is 0.223 e. The molecule has 1 amide bonds. The lowest BCUT2D eigenvalue weighted by Crippen LogP contribution is -2.47. The maximum Gasteiger partial charge on any atom is 0.223 e. The van der Waals surface area contributed by atoms with Crippen LogP contribution < -0.4 is 5.32 Å². The van der Waals surface area contributed by atoms with Gasteiger partial charge in [-0.1, -0.05) is 0 Å². The Hall–Kier alpha value is -0.650. The zero-order valence-corrected chi connectivity index (χ0v) is 9.99. The summed E-state index contributed by atoms with van der Waals surface area (Å²) >= 11 is 0. The Morgan fingerprint density at radius 2 is 2.19 bits per heavy atom. The molecular weight excluding hydrogens is 210 g/mol. The number of carbonyl (C=O) groups excluding carboxylic acids is 1. The van der Waals surface area contributed by atoms with Crippen LogP contribution in [0.4, 0.5) is 0 Å². The summed E-state index contributed by atoms with van der Waals surface area (Å²) in [6.07, 6.45) is 3.35. The van der Waals surface area contributed by atoms with E-state index < -0.39 is 0 Å². The van der Waals surface area contributed by atoms with E-state index in [1.807, 2.05) is 0 Å². The number of rotatable bonds is 7. The fourth-order valence-corrected chi connectivity index (χ4v) is 1.94. The van der Waals surface area contributed by atoms with E-state index in [1.54, 1.807) is 7.11 Å². The van der Waals surface area contributed by atoms with E-state index in [-0.39, 0.29) is 24.2 Å². The molecular formula is C11H21NO4. The van der Waals surface area contributed by atoms with Gasteiger partial charge in [0.05, 0.1) is 31.3 Å². The Balaban J connectivity index is 2.34. The minimum absolute atomic E-state index is 0.0855. The monoisotopic (exact) mass is 231 g/mol. The van der Waals surface area contributed by atoms with Gasteiger partial charge in [-0.2, -0.15) is 0 Å². The van der Waals surface area contributed by atoms with Gasteiger partial charge in [0.25, 0.3) is 0 Å². The van der Waals surface area contributed by atoms with Gasteiger partial charge >= 0.3 is 0 Å². The molecule has 0 saturated heterocycles. The fraction of sp³-hybridized carbons (Fsp3) is 0.909. The molecule has 1 unspecified atom stereocenters. The SMILES string of the molecule is COCC(CO)NC(=O)CC1(OC)CCC1. The van der Waals surface area contributed by atoms with Crippen molar-refractivity contribution in [2.24, 2.45) is 0 Å². The lowest BCUT2D eigenvalue weighted by atomic mass is 9.77. The third-order valence-electron chi connectivity index (χ3n) is 3.13. The first kappa shape index (κ1) is 13.4. The summed E-state index contributed by atoms with van der Waals surface area (Å²) < 4.78 is 10.3. The van der Waals surface area contributed by atoms with Crippen molar-refractivity contribution in [1.82, 2.24) is 5.32 Å². The van der Waals surface area contributed by atoms with Crippen LogP contribution in [0.25, 0.3) is 0 Å². The second kappa shape index (κ2) is 6.18. The molecule has 0 heterocycles. The van der Waals surface area contributed by atoms with Gasteiger partial charge in [0.1, 0.15) is 0 Å². The van der Waals surface area contributed by atoms with Gasteiger partial charge < -0.3 is 19.9 Å². The summed E-state index contributed by atoms with van der Waals surface area (Å²) in [5, 5.41) is 11.7. The van der Waals surface area contributed by atoms with Crippen molar-refractivity contribution in [1.29, 1.82) is 0 Å². The Labute approximate surface area is 96.1 Å². The van der Waals surface area contributed by atoms with Crippen molar-refractivity contribution in [2.75, 3.05) is 27.4 Å². The number of hydrogen-bond donors (Lipinski definition) is 2. The largest absolute Gasteiger partial charge is 0.394 e. The van der Waals surface area contributed by atoms with Crippen molar-refractivity contribution >= 4 is 5.91 Å². The third-order valence-corrected chi connectivity index (χ3v) is 3.13. The van der Waals surface area contributed by atoms with Crippen LogP contribution in [0.3, 0.4) is 0 Å². The maximum absolute atomic E-state index is 11.7. The van der Waals surface area contributed by atoms with Gasteiger partial charge in [-0.15, -0.1) is 0 Å². The zero-order valence-electron chi connectivity index (χ0n) is 9.99. The van der Waals surface area contributed by atoms with Gasteiger partial charge in [-0.05, 0) is 19.3 Å². The number of aliphatic hydroxyl groups is 1. The average molecular weight is 231 g/mol. The van der Waals surface area contributed by atoms with Gasteiger partial charge in [-0.25, -0.2) is 0 Å². The molecule has 0 aromatic carbocycles. The van der Waals surface area contributed by atoms with Crippen LogP contribution in [-0.4, -0.2) is 50.1 Å². The number of methoxy groups -OCH3 is 2. The first-order valence-electron chi connectivity index (χ1n) is 5.60. The summed E-state index contributed by atoms with van der Waals surface area (Å²) in [4.78, 5) is 11.7. The van der Waals surface area contributed by atoms with Gasteiger partial charge in [0, 0.05) is 14.2 Å². The highest BCUT2D eigenvalue weighted by Gasteiger charge is 2.39.